The lowest BCUT2D eigenvalue weighted by Gasteiger charge is -2.40. The number of piperazine rings is 1. The Labute approximate surface area is 207 Å². The molecular formula is C20H17BrClF6N5O2. The van der Waals surface area contributed by atoms with Gasteiger partial charge in [0.25, 0.3) is 0 Å². The Morgan fingerprint density at radius 2 is 1.89 bits per heavy atom. The number of nitrogens with one attached hydrogen (secondary N) is 1. The average molecular weight is 589 g/mol. The monoisotopic (exact) mass is 587 g/mol. The summed E-state index contributed by atoms with van der Waals surface area (Å²) in [6.07, 6.45) is -7.79. The summed E-state index contributed by atoms with van der Waals surface area (Å²) in [5, 5.41) is 7.11. The minimum atomic E-state index is -5.08. The molecular weight excluding hydrogens is 572 g/mol. The number of anilines is 2. The summed E-state index contributed by atoms with van der Waals surface area (Å²) >= 11 is 9.58. The number of aliphatic carboxylic acids is 1. The molecule has 2 aromatic heterocycles. The van der Waals surface area contributed by atoms with Crippen molar-refractivity contribution in [3.8, 4) is 0 Å². The number of rotatable bonds is 2. The van der Waals surface area contributed by atoms with Crippen molar-refractivity contribution >= 4 is 56.3 Å². The number of aromatic nitrogens is 3. The van der Waals surface area contributed by atoms with E-state index in [4.69, 9.17) is 21.5 Å². The quantitative estimate of drug-likeness (QED) is 0.372. The van der Waals surface area contributed by atoms with Crippen LogP contribution in [-0.4, -0.2) is 57.9 Å². The third-order valence-corrected chi connectivity index (χ3v) is 5.94. The van der Waals surface area contributed by atoms with Crippen LogP contribution in [-0.2, 0) is 11.0 Å². The molecule has 1 atom stereocenters. The van der Waals surface area contributed by atoms with Gasteiger partial charge in [0.1, 0.15) is 11.3 Å². The third kappa shape index (κ3) is 6.28. The number of H-pyrrole nitrogens is 1. The number of carbonyl (C=O) groups is 1. The van der Waals surface area contributed by atoms with Crippen molar-refractivity contribution in [3.05, 3.63) is 45.5 Å². The smallest absolute Gasteiger partial charge is 0.475 e. The molecule has 0 radical (unpaired) electrons. The van der Waals surface area contributed by atoms with Crippen LogP contribution in [0.15, 0.2) is 34.9 Å². The van der Waals surface area contributed by atoms with Gasteiger partial charge in [0.2, 0.25) is 5.95 Å². The number of hydrogen-bond donors (Lipinski definition) is 2. The number of aromatic amines is 1. The van der Waals surface area contributed by atoms with E-state index in [1.807, 2.05) is 17.0 Å². The Morgan fingerprint density at radius 1 is 1.23 bits per heavy atom. The van der Waals surface area contributed by atoms with Crippen LogP contribution in [0, 0.1) is 0 Å². The molecule has 1 fully saturated rings. The van der Waals surface area contributed by atoms with Crippen LogP contribution < -0.4 is 9.80 Å². The number of carboxylic acid groups (broad SMARTS) is 1. The van der Waals surface area contributed by atoms with Crippen molar-refractivity contribution in [1.82, 2.24) is 15.0 Å². The number of alkyl halides is 6. The molecule has 0 saturated carbocycles. The molecule has 7 nitrogen and oxygen atoms in total. The number of pyridine rings is 1. The van der Waals surface area contributed by atoms with Gasteiger partial charge in [-0.15, -0.1) is 0 Å². The van der Waals surface area contributed by atoms with Crippen molar-refractivity contribution in [1.29, 1.82) is 0 Å². The van der Waals surface area contributed by atoms with Gasteiger partial charge in [0.15, 0.2) is 0 Å². The molecule has 0 amide bonds. The Morgan fingerprint density at radius 3 is 2.43 bits per heavy atom. The Balaban J connectivity index is 0.000000429. The summed E-state index contributed by atoms with van der Waals surface area (Å²) in [5.74, 6) is -1.37. The number of carboxylic acids is 1. The van der Waals surface area contributed by atoms with Gasteiger partial charge in [-0.05, 0) is 47.1 Å². The van der Waals surface area contributed by atoms with Gasteiger partial charge in [0, 0.05) is 31.9 Å². The van der Waals surface area contributed by atoms with E-state index in [0.29, 0.717) is 31.1 Å². The molecule has 35 heavy (non-hydrogen) atoms. The van der Waals surface area contributed by atoms with E-state index in [1.165, 1.54) is 0 Å². The first-order valence-electron chi connectivity index (χ1n) is 9.87. The number of halogens is 8. The van der Waals surface area contributed by atoms with E-state index in [9.17, 15) is 26.3 Å². The number of fused-ring (bicyclic) bond motifs is 1. The highest BCUT2D eigenvalue weighted by Gasteiger charge is 2.38. The number of benzene rings is 1. The fourth-order valence-electron chi connectivity index (χ4n) is 3.43. The van der Waals surface area contributed by atoms with Gasteiger partial charge in [-0.1, -0.05) is 11.6 Å². The van der Waals surface area contributed by atoms with E-state index in [1.54, 1.807) is 6.20 Å². The van der Waals surface area contributed by atoms with Crippen LogP contribution in [0.25, 0.3) is 11.0 Å². The predicted octanol–water partition coefficient (Wildman–Crippen LogP) is 5.74. The van der Waals surface area contributed by atoms with Crippen LogP contribution >= 0.6 is 27.5 Å². The standard InChI is InChI=1S/C18H16BrClF3N5.C2HF3O2/c1-10-9-27(5-6-28(10)16-12(19)3-2-4-24-16)17-25-14-8-11(18(21,22)23)7-13(20)15(14)26-17;3-2(4,5)1(6)7/h2-4,7-8,10H,5-6,9H2,1H3,(H,25,26);(H,6,7)/t10-;/m1./s1. The zero-order chi connectivity index (χ0) is 26.1. The van der Waals surface area contributed by atoms with Crippen LogP contribution in [0.5, 0.6) is 0 Å². The zero-order valence-corrected chi connectivity index (χ0v) is 20.1. The molecule has 3 aromatic rings. The fraction of sp³-hybridized carbons (Fsp3) is 0.350. The lowest BCUT2D eigenvalue weighted by molar-refractivity contribution is -0.192. The van der Waals surface area contributed by atoms with Crippen molar-refractivity contribution in [2.45, 2.75) is 25.3 Å². The first-order valence-corrected chi connectivity index (χ1v) is 11.0. The summed E-state index contributed by atoms with van der Waals surface area (Å²) in [5.41, 5.74) is -0.178. The Kier molecular flexibility index (Phi) is 7.74. The maximum absolute atomic E-state index is 13.0. The van der Waals surface area contributed by atoms with Crippen molar-refractivity contribution in [2.24, 2.45) is 0 Å². The van der Waals surface area contributed by atoms with Gasteiger partial charge in [-0.2, -0.15) is 26.3 Å². The maximum Gasteiger partial charge on any atom is 0.490 e. The third-order valence-electron chi connectivity index (χ3n) is 5.04. The Hall–Kier alpha value is -2.74. The molecule has 3 heterocycles. The minimum absolute atomic E-state index is 0.0172. The lowest BCUT2D eigenvalue weighted by atomic mass is 10.2. The van der Waals surface area contributed by atoms with E-state index >= 15 is 0 Å². The van der Waals surface area contributed by atoms with Crippen molar-refractivity contribution < 1.29 is 36.2 Å². The van der Waals surface area contributed by atoms with Gasteiger partial charge in [-0.3, -0.25) is 0 Å². The van der Waals surface area contributed by atoms with Crippen LogP contribution in [0.1, 0.15) is 12.5 Å². The highest BCUT2D eigenvalue weighted by atomic mass is 79.9. The highest BCUT2D eigenvalue weighted by Crippen LogP contribution is 2.35. The molecule has 1 aliphatic rings. The molecule has 1 aromatic carbocycles. The summed E-state index contributed by atoms with van der Waals surface area (Å²) in [6.45, 7) is 4.07. The molecule has 1 aliphatic heterocycles. The number of nitrogens with zero attached hydrogens (tertiary/aromatic N) is 4. The molecule has 2 N–H and O–H groups in total. The SMILES string of the molecule is C[C@@H]1CN(c2nc3c(Cl)cc(C(F)(F)F)cc3[nH]2)CCN1c1ncccc1Br.O=C(O)C(F)(F)F. The number of imidazole rings is 1. The summed E-state index contributed by atoms with van der Waals surface area (Å²) in [7, 11) is 0. The Bertz CT molecular complexity index is 1220. The molecule has 4 rings (SSSR count). The van der Waals surface area contributed by atoms with Crippen molar-refractivity contribution in [3.63, 3.8) is 0 Å². The largest absolute Gasteiger partial charge is 0.490 e. The van der Waals surface area contributed by atoms with Gasteiger partial charge in [-0.25, -0.2) is 14.8 Å². The molecule has 1 saturated heterocycles. The van der Waals surface area contributed by atoms with Gasteiger partial charge >= 0.3 is 18.3 Å². The molecule has 0 bridgehead atoms. The van der Waals surface area contributed by atoms with Crippen LogP contribution in [0.2, 0.25) is 5.02 Å². The molecule has 0 aliphatic carbocycles. The molecule has 0 spiro atoms. The first-order chi connectivity index (χ1) is 16.2. The summed E-state index contributed by atoms with van der Waals surface area (Å²) in [6, 6.07) is 5.90. The molecule has 0 unspecified atom stereocenters. The second-order valence-electron chi connectivity index (χ2n) is 7.51. The fourth-order valence-corrected chi connectivity index (χ4v) is 4.17. The van der Waals surface area contributed by atoms with E-state index in [2.05, 4.69) is 42.7 Å². The van der Waals surface area contributed by atoms with Gasteiger partial charge < -0.3 is 19.9 Å². The normalized spacial score (nSPS) is 16.8. The summed E-state index contributed by atoms with van der Waals surface area (Å²) in [4.78, 5) is 25.0. The lowest BCUT2D eigenvalue weighted by Crippen LogP contribution is -2.52. The first kappa shape index (κ1) is 26.9. The highest BCUT2D eigenvalue weighted by molar-refractivity contribution is 9.10. The molecule has 190 valence electrons. The van der Waals surface area contributed by atoms with E-state index < -0.39 is 23.9 Å². The maximum atomic E-state index is 13.0. The summed E-state index contributed by atoms with van der Waals surface area (Å²) < 4.78 is 71.7. The van der Waals surface area contributed by atoms with Gasteiger partial charge in [0.05, 0.1) is 20.6 Å². The van der Waals surface area contributed by atoms with E-state index in [-0.39, 0.29) is 16.6 Å². The number of hydrogen-bond acceptors (Lipinski definition) is 5. The van der Waals surface area contributed by atoms with E-state index in [0.717, 1.165) is 22.4 Å². The molecule has 15 heteroatoms. The predicted molar refractivity (Wildman–Crippen MR) is 121 cm³/mol. The van der Waals surface area contributed by atoms with Crippen molar-refractivity contribution in [2.75, 3.05) is 29.4 Å². The topological polar surface area (TPSA) is 85.4 Å². The second kappa shape index (κ2) is 10.1. The van der Waals surface area contributed by atoms with Crippen LogP contribution in [0.4, 0.5) is 38.1 Å². The minimum Gasteiger partial charge on any atom is -0.475 e. The second-order valence-corrected chi connectivity index (χ2v) is 8.77. The average Bonchev–Trinajstić information content (AvgIpc) is 3.18. The van der Waals surface area contributed by atoms with Crippen LogP contribution in [0.3, 0.4) is 0 Å². The zero-order valence-electron chi connectivity index (χ0n) is 17.8.